The average molecular weight is 881 g/mol. The molecule has 3 saturated carbocycles. The fourth-order valence-electron chi connectivity index (χ4n) is 10.7. The van der Waals surface area contributed by atoms with Crippen molar-refractivity contribution >= 4 is 29.3 Å². The predicted molar refractivity (Wildman–Crippen MR) is 226 cm³/mol. The van der Waals surface area contributed by atoms with E-state index in [1.54, 1.807) is 51.1 Å². The van der Waals surface area contributed by atoms with Gasteiger partial charge in [-0.05, 0) is 99.4 Å². The summed E-state index contributed by atoms with van der Waals surface area (Å²) in [6, 6.07) is 11.8. The van der Waals surface area contributed by atoms with Gasteiger partial charge in [0.15, 0.2) is 29.1 Å². The average Bonchev–Trinajstić information content (AvgIpc) is 3.75. The van der Waals surface area contributed by atoms with E-state index < -0.39 is 94.7 Å². The Labute approximate surface area is 365 Å². The van der Waals surface area contributed by atoms with Gasteiger partial charge in [0.05, 0.1) is 18.2 Å². The van der Waals surface area contributed by atoms with Crippen molar-refractivity contribution in [2.45, 2.75) is 115 Å². The lowest BCUT2D eigenvalue weighted by Gasteiger charge is -2.63. The van der Waals surface area contributed by atoms with Crippen molar-refractivity contribution in [1.82, 2.24) is 10.2 Å². The first-order chi connectivity index (χ1) is 29.8. The van der Waals surface area contributed by atoms with Gasteiger partial charge in [-0.25, -0.2) is 18.0 Å². The van der Waals surface area contributed by atoms with E-state index in [2.05, 4.69) is 10.6 Å². The Kier molecular flexibility index (Phi) is 13.2. The number of nitrogens with zero attached hydrogens (tertiary/aromatic N) is 1. The molecule has 7 rings (SSSR count). The van der Waals surface area contributed by atoms with Gasteiger partial charge in [-0.15, -0.1) is 0 Å². The second-order valence-corrected chi connectivity index (χ2v) is 18.5. The summed E-state index contributed by atoms with van der Waals surface area (Å²) in [7, 11) is 0. The number of nitrogens with two attached hydrogens (primary N) is 1. The van der Waals surface area contributed by atoms with E-state index in [1.807, 2.05) is 13.8 Å². The summed E-state index contributed by atoms with van der Waals surface area (Å²) in [5.74, 6) is -3.41. The smallest absolute Gasteiger partial charge is 0.411 e. The number of fused-ring (bicyclic) bond motifs is 7. The molecule has 2 amide bonds. The summed E-state index contributed by atoms with van der Waals surface area (Å²) in [5.41, 5.74) is 0.362. The first-order valence-electron chi connectivity index (χ1n) is 21.8. The first kappa shape index (κ1) is 46.5. The summed E-state index contributed by atoms with van der Waals surface area (Å²) in [6.07, 6.45) is -3.22. The van der Waals surface area contributed by atoms with Gasteiger partial charge >= 0.3 is 6.09 Å². The third-order valence-corrected chi connectivity index (χ3v) is 14.5. The van der Waals surface area contributed by atoms with Gasteiger partial charge in [0.25, 0.3) is 0 Å². The number of carbonyl (C=O) groups excluding carboxylic acids is 4. The number of anilines is 1. The molecular formula is C47H59F3N4O9. The zero-order valence-corrected chi connectivity index (χ0v) is 36.6. The molecule has 16 heteroatoms. The van der Waals surface area contributed by atoms with Crippen LogP contribution in [0.3, 0.4) is 0 Å². The molecule has 1 heterocycles. The molecule has 4 aliphatic carbocycles. The first-order valence-corrected chi connectivity index (χ1v) is 21.8. The number of rotatable bonds is 15. The minimum atomic E-state index is -2.40. The van der Waals surface area contributed by atoms with Crippen molar-refractivity contribution in [3.8, 4) is 0 Å². The van der Waals surface area contributed by atoms with Crippen LogP contribution in [0.15, 0.2) is 72.3 Å². The standard InChI is InChI=1S/C47H59F3N4O9/c1-7-54(43(59)61-23-28-11-13-31(14-12-28)53-41(58)27(4)52-22-37(51)26(2)3)25-60-24-39(57)47-40(62-42(63-47)29-9-8-10-30(48)17-29)20-33-34-19-36(49)35-18-32(55)15-16-44(35,5)46(34,50)38(56)21-45(33,47)6/h8-18,26-27,33-34,36-38,40,42,52,56H,7,19-25,51H2,1-6H3,(H,53,58)/t27-,33-,34-,36-,37?,38-,40+,42+,44-,45-,46-,47+/m0/s1. The van der Waals surface area contributed by atoms with Gasteiger partial charge in [0.2, 0.25) is 5.91 Å². The van der Waals surface area contributed by atoms with Crippen molar-refractivity contribution in [2.24, 2.45) is 34.3 Å². The summed E-state index contributed by atoms with van der Waals surface area (Å²) < 4.78 is 73.0. The third kappa shape index (κ3) is 8.16. The number of hydrogen-bond donors (Lipinski definition) is 4. The highest BCUT2D eigenvalue weighted by molar-refractivity contribution is 6.01. The quantitative estimate of drug-likeness (QED) is 0.154. The monoisotopic (exact) mass is 880 g/mol. The molecule has 5 N–H and O–H groups in total. The molecule has 2 aromatic rings. The number of halogens is 3. The zero-order chi connectivity index (χ0) is 45.6. The Balaban J connectivity index is 1.02. The topological polar surface area (TPSA) is 179 Å². The number of hydrogen-bond acceptors (Lipinski definition) is 11. The van der Waals surface area contributed by atoms with Crippen molar-refractivity contribution < 1.29 is 56.4 Å². The van der Waals surface area contributed by atoms with E-state index in [4.69, 9.17) is 24.7 Å². The highest BCUT2D eigenvalue weighted by Gasteiger charge is 2.80. The Morgan fingerprint density at radius 2 is 1.81 bits per heavy atom. The van der Waals surface area contributed by atoms with E-state index in [9.17, 15) is 28.7 Å². The van der Waals surface area contributed by atoms with Crippen molar-refractivity contribution in [3.05, 3.63) is 89.3 Å². The number of benzene rings is 2. The Morgan fingerprint density at radius 1 is 1.08 bits per heavy atom. The number of aliphatic hydroxyl groups is 1. The molecule has 1 aliphatic heterocycles. The van der Waals surface area contributed by atoms with Crippen LogP contribution < -0.4 is 16.4 Å². The van der Waals surface area contributed by atoms with Crippen LogP contribution in [0.5, 0.6) is 0 Å². The minimum absolute atomic E-state index is 0.0212. The third-order valence-electron chi connectivity index (χ3n) is 14.5. The highest BCUT2D eigenvalue weighted by Crippen LogP contribution is 2.72. The molecule has 0 spiro atoms. The number of alkyl halides is 2. The predicted octanol–water partition coefficient (Wildman–Crippen LogP) is 6.01. The minimum Gasteiger partial charge on any atom is -0.444 e. The van der Waals surface area contributed by atoms with E-state index in [1.165, 1.54) is 42.2 Å². The maximum absolute atomic E-state index is 17.9. The zero-order valence-electron chi connectivity index (χ0n) is 36.6. The van der Waals surface area contributed by atoms with E-state index in [-0.39, 0.29) is 62.6 Å². The number of aliphatic hydroxyl groups excluding tert-OH is 1. The normalized spacial score (nSPS) is 34.0. The number of Topliss-reactive ketones (excluding diaryl/α,β-unsaturated/α-hetero) is 1. The van der Waals surface area contributed by atoms with E-state index >= 15 is 8.78 Å². The molecule has 1 unspecified atom stereocenters. The fraction of sp³-hybridized carbons (Fsp3) is 0.574. The van der Waals surface area contributed by atoms with Crippen molar-refractivity contribution in [3.63, 3.8) is 0 Å². The largest absolute Gasteiger partial charge is 0.444 e. The van der Waals surface area contributed by atoms with Crippen LogP contribution in [0.4, 0.5) is 23.7 Å². The molecule has 342 valence electrons. The summed E-state index contributed by atoms with van der Waals surface area (Å²) in [4.78, 5) is 54.2. The lowest BCUT2D eigenvalue weighted by molar-refractivity contribution is -0.235. The Hall–Kier alpha value is -4.45. The van der Waals surface area contributed by atoms with Crippen LogP contribution >= 0.6 is 0 Å². The van der Waals surface area contributed by atoms with Crippen molar-refractivity contribution in [1.29, 1.82) is 0 Å². The second-order valence-electron chi connectivity index (χ2n) is 18.5. The highest BCUT2D eigenvalue weighted by atomic mass is 19.1. The molecule has 63 heavy (non-hydrogen) atoms. The molecule has 2 aromatic carbocycles. The number of amides is 2. The van der Waals surface area contributed by atoms with Crippen LogP contribution in [0, 0.1) is 34.4 Å². The van der Waals surface area contributed by atoms with E-state index in [0.29, 0.717) is 23.4 Å². The molecule has 0 bridgehead atoms. The molecule has 4 fully saturated rings. The number of carbonyl (C=O) groups is 4. The van der Waals surface area contributed by atoms with Gasteiger partial charge in [0, 0.05) is 47.1 Å². The van der Waals surface area contributed by atoms with Gasteiger partial charge in [0.1, 0.15) is 31.9 Å². The summed E-state index contributed by atoms with van der Waals surface area (Å²) in [5, 5.41) is 17.9. The maximum Gasteiger partial charge on any atom is 0.411 e. The van der Waals surface area contributed by atoms with Crippen LogP contribution in [-0.2, 0) is 39.9 Å². The molecule has 12 atom stereocenters. The van der Waals surface area contributed by atoms with Gasteiger partial charge in [-0.2, -0.15) is 0 Å². The van der Waals surface area contributed by atoms with Crippen molar-refractivity contribution in [2.75, 3.05) is 31.7 Å². The summed E-state index contributed by atoms with van der Waals surface area (Å²) in [6.45, 7) is 10.3. The molecule has 1 saturated heterocycles. The fourth-order valence-corrected chi connectivity index (χ4v) is 10.7. The van der Waals surface area contributed by atoms with Crippen LogP contribution in [0.2, 0.25) is 0 Å². The molecule has 13 nitrogen and oxygen atoms in total. The SMILES string of the molecule is CCN(COCC(=O)[C@@]12O[C@H](c3cccc(F)c3)O[C@@H]1C[C@H]1[C@@H]3C[C@H](F)C4=CC(=O)C=C[C@]4(C)[C@@]3(F)[C@@H](O)C[C@@]12C)C(=O)OCc1ccc(NC(=O)[C@H](C)NCC(N)C(C)C)cc1. The van der Waals surface area contributed by atoms with Gasteiger partial charge in [-0.1, -0.05) is 51.1 Å². The van der Waals surface area contributed by atoms with E-state index in [0.717, 1.165) is 6.08 Å². The van der Waals surface area contributed by atoms with Crippen LogP contribution in [0.1, 0.15) is 78.2 Å². The van der Waals surface area contributed by atoms with Gasteiger partial charge in [-0.3, -0.25) is 19.3 Å². The lowest BCUT2D eigenvalue weighted by atomic mass is 9.44. The summed E-state index contributed by atoms with van der Waals surface area (Å²) >= 11 is 0. The van der Waals surface area contributed by atoms with Gasteiger partial charge < -0.3 is 40.4 Å². The number of nitrogens with one attached hydrogen (secondary N) is 2. The molecule has 0 aromatic heterocycles. The molecular weight excluding hydrogens is 822 g/mol. The number of ether oxygens (including phenoxy) is 4. The maximum atomic E-state index is 17.9. The molecule has 0 radical (unpaired) electrons. The second kappa shape index (κ2) is 17.8. The lowest BCUT2D eigenvalue weighted by Crippen LogP contribution is -2.70. The number of allylic oxidation sites excluding steroid dienone is 4. The van der Waals surface area contributed by atoms with Crippen LogP contribution in [-0.4, -0.2) is 102 Å². The van der Waals surface area contributed by atoms with Crippen LogP contribution in [0.25, 0.3) is 0 Å². The Bertz CT molecular complexity index is 2140. The molecule has 5 aliphatic rings. The Morgan fingerprint density at radius 3 is 2.49 bits per heavy atom. The number of ketones is 2.